The monoisotopic (exact) mass is 294 g/mol. The zero-order valence-electron chi connectivity index (χ0n) is 13.0. The van der Waals surface area contributed by atoms with Crippen molar-refractivity contribution in [1.82, 2.24) is 0 Å². The Balaban J connectivity index is 1.99. The lowest BCUT2D eigenvalue weighted by molar-refractivity contribution is -0.120. The predicted octanol–water partition coefficient (Wildman–Crippen LogP) is 4.98. The molecule has 0 aliphatic heterocycles. The number of carbonyl (C=O) groups excluding carboxylic acids is 1. The van der Waals surface area contributed by atoms with Gasteiger partial charge < -0.3 is 4.74 Å². The molecule has 1 aliphatic carbocycles. The van der Waals surface area contributed by atoms with Gasteiger partial charge in [-0.25, -0.2) is 0 Å². The van der Waals surface area contributed by atoms with Gasteiger partial charge in [-0.3, -0.25) is 4.79 Å². The van der Waals surface area contributed by atoms with Gasteiger partial charge in [0.1, 0.15) is 11.5 Å². The van der Waals surface area contributed by atoms with E-state index in [-0.39, 0.29) is 5.92 Å². The summed E-state index contributed by atoms with van der Waals surface area (Å²) in [6.45, 7) is 0. The summed E-state index contributed by atoms with van der Waals surface area (Å²) in [5.74, 6) is 1.31. The van der Waals surface area contributed by atoms with E-state index in [1.165, 1.54) is 17.5 Å². The fourth-order valence-corrected chi connectivity index (χ4v) is 3.32. The number of carbonyl (C=O) groups is 1. The fraction of sp³-hybridized carbons (Fsp3) is 0.350. The van der Waals surface area contributed by atoms with Gasteiger partial charge in [-0.2, -0.15) is 0 Å². The van der Waals surface area contributed by atoms with Crippen molar-refractivity contribution in [3.63, 3.8) is 0 Å². The summed E-state index contributed by atoms with van der Waals surface area (Å²) in [6.07, 6.45) is 5.06. The number of hydrogen-bond donors (Lipinski definition) is 0. The molecule has 1 aliphatic rings. The maximum absolute atomic E-state index is 12.5. The summed E-state index contributed by atoms with van der Waals surface area (Å²) in [4.78, 5) is 12.5. The van der Waals surface area contributed by atoms with Gasteiger partial charge in [0.2, 0.25) is 0 Å². The van der Waals surface area contributed by atoms with Crippen LogP contribution in [0.25, 0.3) is 11.1 Å². The minimum absolute atomic E-state index is 0.0563. The number of benzene rings is 2. The van der Waals surface area contributed by atoms with Crippen molar-refractivity contribution < 1.29 is 9.53 Å². The molecule has 0 heterocycles. The van der Waals surface area contributed by atoms with E-state index in [4.69, 9.17) is 4.74 Å². The number of rotatable bonds is 3. The van der Waals surface area contributed by atoms with Gasteiger partial charge in [-0.1, -0.05) is 49.2 Å². The SMILES string of the molecule is COc1ccc(-c2ccccc2C2CCCCCC2=O)cc1. The lowest BCUT2D eigenvalue weighted by atomic mass is 9.85. The number of ether oxygens (including phenoxy) is 1. The topological polar surface area (TPSA) is 26.3 Å². The van der Waals surface area contributed by atoms with Crippen LogP contribution in [0.2, 0.25) is 0 Å². The molecule has 0 N–H and O–H groups in total. The molecule has 22 heavy (non-hydrogen) atoms. The van der Waals surface area contributed by atoms with Crippen LogP contribution < -0.4 is 4.74 Å². The molecule has 2 aromatic rings. The Hall–Kier alpha value is -2.09. The third-order valence-corrected chi connectivity index (χ3v) is 4.54. The number of Topliss-reactive ketones (excluding diaryl/α,β-unsaturated/α-hetero) is 1. The van der Waals surface area contributed by atoms with Crippen molar-refractivity contribution in [2.75, 3.05) is 7.11 Å². The second-order valence-electron chi connectivity index (χ2n) is 5.93. The minimum Gasteiger partial charge on any atom is -0.497 e. The lowest BCUT2D eigenvalue weighted by Crippen LogP contribution is -2.11. The Kier molecular flexibility index (Phi) is 4.57. The molecule has 1 unspecified atom stereocenters. The zero-order chi connectivity index (χ0) is 15.4. The zero-order valence-corrected chi connectivity index (χ0v) is 13.0. The second kappa shape index (κ2) is 6.78. The van der Waals surface area contributed by atoms with Crippen molar-refractivity contribution in [2.45, 2.75) is 38.0 Å². The van der Waals surface area contributed by atoms with Crippen LogP contribution >= 0.6 is 0 Å². The van der Waals surface area contributed by atoms with E-state index in [1.54, 1.807) is 7.11 Å². The van der Waals surface area contributed by atoms with Crippen molar-refractivity contribution in [2.24, 2.45) is 0 Å². The van der Waals surface area contributed by atoms with Crippen LogP contribution in [0.1, 0.15) is 43.6 Å². The first-order chi connectivity index (χ1) is 10.8. The van der Waals surface area contributed by atoms with E-state index in [0.29, 0.717) is 5.78 Å². The summed E-state index contributed by atoms with van der Waals surface area (Å²) in [5, 5.41) is 0. The van der Waals surface area contributed by atoms with E-state index in [1.807, 2.05) is 24.3 Å². The lowest BCUT2D eigenvalue weighted by Gasteiger charge is -2.18. The Morgan fingerprint density at radius 1 is 0.955 bits per heavy atom. The van der Waals surface area contributed by atoms with Gasteiger partial charge in [-0.05, 0) is 41.7 Å². The molecule has 0 aromatic heterocycles. The van der Waals surface area contributed by atoms with Crippen molar-refractivity contribution in [3.05, 3.63) is 54.1 Å². The van der Waals surface area contributed by atoms with E-state index >= 15 is 0 Å². The predicted molar refractivity (Wildman–Crippen MR) is 89.3 cm³/mol. The van der Waals surface area contributed by atoms with Crippen LogP contribution in [0.4, 0.5) is 0 Å². The molecule has 2 heteroatoms. The first kappa shape index (κ1) is 14.8. The third kappa shape index (κ3) is 3.06. The summed E-state index contributed by atoms with van der Waals surface area (Å²) < 4.78 is 5.23. The molecule has 0 bridgehead atoms. The Bertz CT molecular complexity index is 643. The summed E-state index contributed by atoms with van der Waals surface area (Å²) >= 11 is 0. The average Bonchev–Trinajstić information content (AvgIpc) is 2.79. The molecule has 0 radical (unpaired) electrons. The third-order valence-electron chi connectivity index (χ3n) is 4.54. The minimum atomic E-state index is 0.0563. The Labute approximate surface area is 132 Å². The second-order valence-corrected chi connectivity index (χ2v) is 5.93. The van der Waals surface area contributed by atoms with Crippen molar-refractivity contribution >= 4 is 5.78 Å². The number of methoxy groups -OCH3 is 1. The molecule has 0 amide bonds. The highest BCUT2D eigenvalue weighted by atomic mass is 16.5. The van der Waals surface area contributed by atoms with E-state index in [9.17, 15) is 4.79 Å². The van der Waals surface area contributed by atoms with Crippen LogP contribution in [0.15, 0.2) is 48.5 Å². The van der Waals surface area contributed by atoms with Crippen LogP contribution in [0.3, 0.4) is 0 Å². The largest absolute Gasteiger partial charge is 0.497 e. The quantitative estimate of drug-likeness (QED) is 0.746. The Morgan fingerprint density at radius 2 is 1.73 bits per heavy atom. The molecular weight excluding hydrogens is 272 g/mol. The molecule has 3 rings (SSSR count). The summed E-state index contributed by atoms with van der Waals surface area (Å²) in [7, 11) is 1.67. The maximum Gasteiger partial charge on any atom is 0.140 e. The van der Waals surface area contributed by atoms with Gasteiger partial charge in [0.15, 0.2) is 0 Å². The van der Waals surface area contributed by atoms with Gasteiger partial charge in [0.25, 0.3) is 0 Å². The van der Waals surface area contributed by atoms with E-state index in [2.05, 4.69) is 24.3 Å². The molecule has 114 valence electrons. The molecule has 0 spiro atoms. The summed E-state index contributed by atoms with van der Waals surface area (Å²) in [5.41, 5.74) is 3.50. The molecule has 0 saturated heterocycles. The van der Waals surface area contributed by atoms with Crippen molar-refractivity contribution in [1.29, 1.82) is 0 Å². The number of ketones is 1. The summed E-state index contributed by atoms with van der Waals surface area (Å²) in [6, 6.07) is 16.4. The average molecular weight is 294 g/mol. The Morgan fingerprint density at radius 3 is 2.50 bits per heavy atom. The van der Waals surface area contributed by atoms with Gasteiger partial charge in [0.05, 0.1) is 7.11 Å². The van der Waals surface area contributed by atoms with E-state index in [0.717, 1.165) is 37.0 Å². The van der Waals surface area contributed by atoms with Crippen LogP contribution in [-0.4, -0.2) is 12.9 Å². The molecular formula is C20H22O2. The van der Waals surface area contributed by atoms with Gasteiger partial charge in [-0.15, -0.1) is 0 Å². The molecule has 1 saturated carbocycles. The first-order valence-electron chi connectivity index (χ1n) is 8.05. The first-order valence-corrected chi connectivity index (χ1v) is 8.05. The highest BCUT2D eigenvalue weighted by Crippen LogP contribution is 2.36. The normalized spacial score (nSPS) is 18.8. The van der Waals surface area contributed by atoms with E-state index < -0.39 is 0 Å². The van der Waals surface area contributed by atoms with Crippen LogP contribution in [0.5, 0.6) is 5.75 Å². The standard InChI is InChI=1S/C20H22O2/c1-22-16-13-11-15(12-14-16)17-7-5-6-8-18(17)19-9-3-2-4-10-20(19)21/h5-8,11-14,19H,2-4,9-10H2,1H3. The number of hydrogen-bond acceptors (Lipinski definition) is 2. The highest BCUT2D eigenvalue weighted by molar-refractivity contribution is 5.88. The molecule has 1 fully saturated rings. The smallest absolute Gasteiger partial charge is 0.140 e. The molecule has 1 atom stereocenters. The van der Waals surface area contributed by atoms with Crippen molar-refractivity contribution in [3.8, 4) is 16.9 Å². The molecule has 2 nitrogen and oxygen atoms in total. The fourth-order valence-electron chi connectivity index (χ4n) is 3.32. The van der Waals surface area contributed by atoms with Gasteiger partial charge in [0, 0.05) is 12.3 Å². The maximum atomic E-state index is 12.5. The van der Waals surface area contributed by atoms with Gasteiger partial charge >= 0.3 is 0 Å². The van der Waals surface area contributed by atoms with Crippen LogP contribution in [0, 0.1) is 0 Å². The van der Waals surface area contributed by atoms with Crippen LogP contribution in [-0.2, 0) is 4.79 Å². The molecule has 2 aromatic carbocycles. The highest BCUT2D eigenvalue weighted by Gasteiger charge is 2.24.